The Labute approximate surface area is 116 Å². The van der Waals surface area contributed by atoms with Crippen molar-refractivity contribution < 1.29 is 18.3 Å². The molecule has 1 fully saturated rings. The van der Waals surface area contributed by atoms with E-state index in [1.54, 1.807) is 24.0 Å². The second kappa shape index (κ2) is 5.73. The number of pyridine rings is 1. The van der Waals surface area contributed by atoms with E-state index >= 15 is 0 Å². The third-order valence-electron chi connectivity index (χ3n) is 3.44. The van der Waals surface area contributed by atoms with Crippen LogP contribution in [0.3, 0.4) is 0 Å². The van der Waals surface area contributed by atoms with Gasteiger partial charge in [0.15, 0.2) is 0 Å². The van der Waals surface area contributed by atoms with Crippen LogP contribution in [-0.2, 0) is 4.74 Å². The van der Waals surface area contributed by atoms with E-state index in [2.05, 4.69) is 4.98 Å². The Morgan fingerprint density at radius 2 is 2.10 bits per heavy atom. The van der Waals surface area contributed by atoms with Crippen LogP contribution in [0.2, 0.25) is 0 Å². The molecule has 0 bridgehead atoms. The molecule has 0 unspecified atom stereocenters. The van der Waals surface area contributed by atoms with E-state index in [0.717, 1.165) is 5.69 Å². The van der Waals surface area contributed by atoms with Gasteiger partial charge in [-0.15, -0.1) is 0 Å². The van der Waals surface area contributed by atoms with Gasteiger partial charge in [-0.2, -0.15) is 0 Å². The second-order valence-corrected chi connectivity index (χ2v) is 5.01. The highest BCUT2D eigenvalue weighted by molar-refractivity contribution is 5.94. The summed E-state index contributed by atoms with van der Waals surface area (Å²) in [6.07, 6.45) is 0.0370. The van der Waals surface area contributed by atoms with E-state index in [-0.39, 0.29) is 19.4 Å². The van der Waals surface area contributed by atoms with Crippen molar-refractivity contribution in [2.75, 3.05) is 25.1 Å². The Bertz CT molecular complexity index is 506. The molecule has 0 radical (unpaired) electrons. The molecule has 1 aromatic rings. The third kappa shape index (κ3) is 3.23. The fourth-order valence-electron chi connectivity index (χ4n) is 2.33. The standard InChI is InChI=1S/C14H18F2N2O2/c1-10-4-5-11(13(19)20-2)12(17-10)18-8-3-6-14(15,16)7-9-18/h4-5H,3,6-9H2,1-2H3. The summed E-state index contributed by atoms with van der Waals surface area (Å²) in [7, 11) is 1.29. The fourth-order valence-corrected chi connectivity index (χ4v) is 2.33. The normalized spacial score (nSPS) is 18.5. The van der Waals surface area contributed by atoms with Crippen LogP contribution in [-0.4, -0.2) is 37.1 Å². The van der Waals surface area contributed by atoms with E-state index in [1.807, 2.05) is 0 Å². The first kappa shape index (κ1) is 14.7. The fraction of sp³-hybridized carbons (Fsp3) is 0.571. The van der Waals surface area contributed by atoms with Gasteiger partial charge in [-0.1, -0.05) is 0 Å². The topological polar surface area (TPSA) is 42.4 Å². The molecule has 4 nitrogen and oxygen atoms in total. The quantitative estimate of drug-likeness (QED) is 0.783. The van der Waals surface area contributed by atoms with Crippen LogP contribution in [0.1, 0.15) is 35.3 Å². The molecule has 0 spiro atoms. The van der Waals surface area contributed by atoms with E-state index in [0.29, 0.717) is 24.3 Å². The zero-order chi connectivity index (χ0) is 14.8. The molecule has 110 valence electrons. The molecule has 1 saturated heterocycles. The molecule has 1 aromatic heterocycles. The molecule has 0 aliphatic carbocycles. The maximum Gasteiger partial charge on any atom is 0.341 e. The summed E-state index contributed by atoms with van der Waals surface area (Å²) in [6, 6.07) is 3.34. The van der Waals surface area contributed by atoms with E-state index in [1.165, 1.54) is 7.11 Å². The lowest BCUT2D eigenvalue weighted by atomic mass is 10.1. The highest BCUT2D eigenvalue weighted by Crippen LogP contribution is 2.30. The van der Waals surface area contributed by atoms with Crippen LogP contribution in [0, 0.1) is 6.92 Å². The van der Waals surface area contributed by atoms with E-state index < -0.39 is 11.9 Å². The van der Waals surface area contributed by atoms with Gasteiger partial charge in [-0.05, 0) is 25.5 Å². The molecule has 0 amide bonds. The summed E-state index contributed by atoms with van der Waals surface area (Å²) < 4.78 is 31.6. The number of alkyl halides is 2. The van der Waals surface area contributed by atoms with E-state index in [9.17, 15) is 13.6 Å². The molecule has 0 N–H and O–H groups in total. The SMILES string of the molecule is COC(=O)c1ccc(C)nc1N1CCCC(F)(F)CC1. The van der Waals surface area contributed by atoms with Gasteiger partial charge in [-0.25, -0.2) is 18.6 Å². The summed E-state index contributed by atoms with van der Waals surface area (Å²) in [5.74, 6) is -2.69. The van der Waals surface area contributed by atoms with Crippen LogP contribution < -0.4 is 4.90 Å². The predicted molar refractivity (Wildman–Crippen MR) is 71.3 cm³/mol. The van der Waals surface area contributed by atoms with Crippen molar-refractivity contribution in [3.05, 3.63) is 23.4 Å². The van der Waals surface area contributed by atoms with Crippen molar-refractivity contribution >= 4 is 11.8 Å². The number of halogens is 2. The summed E-state index contributed by atoms with van der Waals surface area (Å²) in [6.45, 7) is 2.46. The van der Waals surface area contributed by atoms with Gasteiger partial charge in [0.05, 0.1) is 7.11 Å². The van der Waals surface area contributed by atoms with Gasteiger partial charge in [0.25, 0.3) is 0 Å². The van der Waals surface area contributed by atoms with Crippen molar-refractivity contribution in [3.8, 4) is 0 Å². The lowest BCUT2D eigenvalue weighted by Crippen LogP contribution is -2.28. The first-order valence-corrected chi connectivity index (χ1v) is 6.62. The largest absolute Gasteiger partial charge is 0.465 e. The summed E-state index contributed by atoms with van der Waals surface area (Å²) >= 11 is 0. The second-order valence-electron chi connectivity index (χ2n) is 5.01. The molecule has 2 rings (SSSR count). The lowest BCUT2D eigenvalue weighted by Gasteiger charge is -2.23. The molecular formula is C14H18F2N2O2. The number of aromatic nitrogens is 1. The molecule has 1 aliphatic heterocycles. The van der Waals surface area contributed by atoms with Gasteiger partial charge < -0.3 is 9.64 Å². The first-order valence-electron chi connectivity index (χ1n) is 6.62. The molecule has 0 aromatic carbocycles. The van der Waals surface area contributed by atoms with E-state index in [4.69, 9.17) is 4.74 Å². The number of methoxy groups -OCH3 is 1. The Balaban J connectivity index is 2.31. The minimum atomic E-state index is -2.63. The van der Waals surface area contributed by atoms with Gasteiger partial charge in [-0.3, -0.25) is 0 Å². The number of aryl methyl sites for hydroxylation is 1. The number of carbonyl (C=O) groups excluding carboxylic acids is 1. The highest BCUT2D eigenvalue weighted by Gasteiger charge is 2.33. The van der Waals surface area contributed by atoms with Crippen LogP contribution in [0.5, 0.6) is 0 Å². The Morgan fingerprint density at radius 3 is 2.80 bits per heavy atom. The van der Waals surface area contributed by atoms with Crippen LogP contribution in [0.15, 0.2) is 12.1 Å². The average Bonchev–Trinajstić information content (AvgIpc) is 2.58. The molecular weight excluding hydrogens is 266 g/mol. The van der Waals surface area contributed by atoms with Crippen LogP contribution in [0.25, 0.3) is 0 Å². The van der Waals surface area contributed by atoms with Gasteiger partial charge >= 0.3 is 5.97 Å². The smallest absolute Gasteiger partial charge is 0.341 e. The van der Waals surface area contributed by atoms with Crippen molar-refractivity contribution in [3.63, 3.8) is 0 Å². The molecule has 0 atom stereocenters. The number of nitrogens with zero attached hydrogens (tertiary/aromatic N) is 2. The Hall–Kier alpha value is -1.72. The Morgan fingerprint density at radius 1 is 1.35 bits per heavy atom. The van der Waals surface area contributed by atoms with Gasteiger partial charge in [0.2, 0.25) is 5.92 Å². The van der Waals surface area contributed by atoms with Gasteiger partial charge in [0, 0.05) is 31.6 Å². The Kier molecular flexibility index (Phi) is 4.20. The minimum absolute atomic E-state index is 0.122. The van der Waals surface area contributed by atoms with Crippen molar-refractivity contribution in [2.45, 2.75) is 32.1 Å². The van der Waals surface area contributed by atoms with Crippen molar-refractivity contribution in [1.82, 2.24) is 4.98 Å². The van der Waals surface area contributed by atoms with Crippen LogP contribution >= 0.6 is 0 Å². The first-order chi connectivity index (χ1) is 9.43. The van der Waals surface area contributed by atoms with Crippen LogP contribution in [0.4, 0.5) is 14.6 Å². The predicted octanol–water partition coefficient (Wildman–Crippen LogP) is 2.80. The zero-order valence-electron chi connectivity index (χ0n) is 11.7. The molecule has 6 heteroatoms. The van der Waals surface area contributed by atoms with Gasteiger partial charge in [0.1, 0.15) is 11.4 Å². The minimum Gasteiger partial charge on any atom is -0.465 e. The monoisotopic (exact) mass is 284 g/mol. The van der Waals surface area contributed by atoms with Crippen molar-refractivity contribution in [2.24, 2.45) is 0 Å². The summed E-state index contributed by atoms with van der Waals surface area (Å²) in [5, 5.41) is 0. The molecule has 2 heterocycles. The number of hydrogen-bond donors (Lipinski definition) is 0. The maximum atomic E-state index is 13.4. The number of ether oxygens (including phenoxy) is 1. The number of rotatable bonds is 2. The number of hydrogen-bond acceptors (Lipinski definition) is 4. The lowest BCUT2D eigenvalue weighted by molar-refractivity contribution is -0.0102. The zero-order valence-corrected chi connectivity index (χ0v) is 11.7. The van der Waals surface area contributed by atoms with Crippen molar-refractivity contribution in [1.29, 1.82) is 0 Å². The maximum absolute atomic E-state index is 13.4. The molecule has 1 aliphatic rings. The number of esters is 1. The summed E-state index contributed by atoms with van der Waals surface area (Å²) in [5.41, 5.74) is 1.06. The molecule has 20 heavy (non-hydrogen) atoms. The summed E-state index contributed by atoms with van der Waals surface area (Å²) in [4.78, 5) is 17.9. The number of anilines is 1. The average molecular weight is 284 g/mol. The third-order valence-corrected chi connectivity index (χ3v) is 3.44. The number of carbonyl (C=O) groups is 1. The highest BCUT2D eigenvalue weighted by atomic mass is 19.3. The molecule has 0 saturated carbocycles.